The molecular weight excluding hydrogens is 380 g/mol. The highest BCUT2D eigenvalue weighted by molar-refractivity contribution is 7.80. The Morgan fingerprint density at radius 1 is 1.15 bits per heavy atom. The van der Waals surface area contributed by atoms with Crippen LogP contribution in [-0.4, -0.2) is 17.1 Å². The summed E-state index contributed by atoms with van der Waals surface area (Å²) in [6, 6.07) is 17.6. The van der Waals surface area contributed by atoms with E-state index in [1.54, 1.807) is 25.5 Å². The van der Waals surface area contributed by atoms with Crippen molar-refractivity contribution >= 4 is 34.6 Å². The molecule has 0 amide bonds. The molecule has 0 atom stereocenters. The Hall–Kier alpha value is -2.50. The number of hydrogen-bond donors (Lipinski definition) is 1. The van der Waals surface area contributed by atoms with Crippen molar-refractivity contribution in [2.75, 3.05) is 12.4 Å². The Kier molecular flexibility index (Phi) is 6.37. The van der Waals surface area contributed by atoms with Crippen molar-refractivity contribution < 1.29 is 9.15 Å². The summed E-state index contributed by atoms with van der Waals surface area (Å²) in [7, 11) is 1.62. The molecule has 0 fully saturated rings. The summed E-state index contributed by atoms with van der Waals surface area (Å²) in [6.07, 6.45) is 1.66. The summed E-state index contributed by atoms with van der Waals surface area (Å²) in [4.78, 5) is 2.04. The van der Waals surface area contributed by atoms with Crippen LogP contribution in [0.25, 0.3) is 0 Å². The monoisotopic (exact) mass is 400 g/mol. The number of halogens is 1. The number of methoxy groups -OCH3 is 1. The van der Waals surface area contributed by atoms with Crippen LogP contribution in [0.15, 0.2) is 65.3 Å². The van der Waals surface area contributed by atoms with Gasteiger partial charge in [0.15, 0.2) is 5.11 Å². The molecule has 6 heteroatoms. The Morgan fingerprint density at radius 3 is 2.59 bits per heavy atom. The topological polar surface area (TPSA) is 37.6 Å². The number of furan rings is 1. The van der Waals surface area contributed by atoms with Gasteiger partial charge in [0.1, 0.15) is 11.5 Å². The highest BCUT2D eigenvalue weighted by Gasteiger charge is 2.15. The summed E-state index contributed by atoms with van der Waals surface area (Å²) in [5.74, 6) is 1.51. The molecule has 0 saturated heterocycles. The minimum absolute atomic E-state index is 0.551. The summed E-state index contributed by atoms with van der Waals surface area (Å²) in [5.41, 5.74) is 3.11. The quantitative estimate of drug-likeness (QED) is 0.541. The average Bonchev–Trinajstić information content (AvgIpc) is 3.16. The zero-order valence-electron chi connectivity index (χ0n) is 15.2. The van der Waals surface area contributed by atoms with Crippen molar-refractivity contribution in [3.05, 3.63) is 82.8 Å². The Morgan fingerprint density at radius 2 is 1.93 bits per heavy atom. The van der Waals surface area contributed by atoms with E-state index in [2.05, 4.69) is 36.5 Å². The molecule has 3 rings (SSSR count). The van der Waals surface area contributed by atoms with Crippen LogP contribution in [0.4, 0.5) is 5.69 Å². The van der Waals surface area contributed by atoms with Gasteiger partial charge in [-0.1, -0.05) is 41.4 Å². The number of rotatable bonds is 6. The SMILES string of the molecule is COc1ccc(Cl)cc1NC(=S)N(Cc1ccc(C)cc1)Cc1ccco1. The van der Waals surface area contributed by atoms with Crippen LogP contribution >= 0.6 is 23.8 Å². The fraction of sp³-hybridized carbons (Fsp3) is 0.190. The van der Waals surface area contributed by atoms with E-state index in [0.29, 0.717) is 29.0 Å². The van der Waals surface area contributed by atoms with Gasteiger partial charge in [-0.3, -0.25) is 0 Å². The number of thiocarbonyl (C=S) groups is 1. The van der Waals surface area contributed by atoms with Crippen LogP contribution in [0.5, 0.6) is 5.75 Å². The van der Waals surface area contributed by atoms with E-state index in [9.17, 15) is 0 Å². The Balaban J connectivity index is 1.81. The number of aryl methyl sites for hydroxylation is 1. The van der Waals surface area contributed by atoms with Crippen LogP contribution in [0.3, 0.4) is 0 Å². The van der Waals surface area contributed by atoms with E-state index >= 15 is 0 Å². The largest absolute Gasteiger partial charge is 0.495 e. The van der Waals surface area contributed by atoms with Gasteiger partial charge in [-0.25, -0.2) is 0 Å². The maximum Gasteiger partial charge on any atom is 0.174 e. The van der Waals surface area contributed by atoms with E-state index in [-0.39, 0.29) is 0 Å². The van der Waals surface area contributed by atoms with Gasteiger partial charge in [0.25, 0.3) is 0 Å². The second-order valence-corrected chi connectivity index (χ2v) is 7.02. The molecule has 1 aromatic heterocycles. The molecule has 1 heterocycles. The molecule has 4 nitrogen and oxygen atoms in total. The van der Waals surface area contributed by atoms with Gasteiger partial charge in [0.05, 0.1) is 25.6 Å². The van der Waals surface area contributed by atoms with Gasteiger partial charge in [-0.05, 0) is 55.0 Å². The third kappa shape index (κ3) is 5.25. The number of ether oxygens (including phenoxy) is 1. The summed E-state index contributed by atoms with van der Waals surface area (Å²) in [6.45, 7) is 3.27. The maximum absolute atomic E-state index is 6.13. The standard InChI is InChI=1S/C21H21ClN2O2S/c1-15-5-7-16(8-6-15)13-24(14-18-4-3-11-26-18)21(27)23-19-12-17(22)9-10-20(19)25-2/h3-12H,13-14H2,1-2H3,(H,23,27). The Labute approximate surface area is 169 Å². The van der Waals surface area contributed by atoms with Gasteiger partial charge in [-0.2, -0.15) is 0 Å². The normalized spacial score (nSPS) is 10.5. The number of benzene rings is 2. The minimum atomic E-state index is 0.551. The molecule has 0 aliphatic carbocycles. The summed E-state index contributed by atoms with van der Waals surface area (Å²) >= 11 is 11.8. The smallest absolute Gasteiger partial charge is 0.174 e. The van der Waals surface area contributed by atoms with Crippen LogP contribution < -0.4 is 10.1 Å². The molecule has 0 spiro atoms. The number of hydrogen-bond acceptors (Lipinski definition) is 3. The molecule has 27 heavy (non-hydrogen) atoms. The zero-order valence-corrected chi connectivity index (χ0v) is 16.8. The van der Waals surface area contributed by atoms with Crippen molar-refractivity contribution in [1.29, 1.82) is 0 Å². The molecule has 0 aliphatic heterocycles. The lowest BCUT2D eigenvalue weighted by Crippen LogP contribution is -2.33. The fourth-order valence-corrected chi connectivity index (χ4v) is 3.09. The maximum atomic E-state index is 6.13. The van der Waals surface area contributed by atoms with Gasteiger partial charge in [0.2, 0.25) is 0 Å². The van der Waals surface area contributed by atoms with Crippen molar-refractivity contribution in [1.82, 2.24) is 4.90 Å². The first-order valence-electron chi connectivity index (χ1n) is 8.52. The van der Waals surface area contributed by atoms with Crippen LogP contribution in [-0.2, 0) is 13.1 Å². The molecular formula is C21H21ClN2O2S. The third-order valence-corrected chi connectivity index (χ3v) is 4.71. The zero-order chi connectivity index (χ0) is 19.2. The minimum Gasteiger partial charge on any atom is -0.495 e. The highest BCUT2D eigenvalue weighted by Crippen LogP contribution is 2.28. The molecule has 0 radical (unpaired) electrons. The average molecular weight is 401 g/mol. The molecule has 3 aromatic rings. The summed E-state index contributed by atoms with van der Waals surface area (Å²) < 4.78 is 10.9. The van der Waals surface area contributed by atoms with E-state index in [0.717, 1.165) is 17.0 Å². The predicted molar refractivity (Wildman–Crippen MR) is 113 cm³/mol. The molecule has 2 aromatic carbocycles. The van der Waals surface area contributed by atoms with Crippen molar-refractivity contribution in [3.8, 4) is 5.75 Å². The van der Waals surface area contributed by atoms with Crippen LogP contribution in [0, 0.1) is 6.92 Å². The Bertz CT molecular complexity index is 895. The van der Waals surface area contributed by atoms with Gasteiger partial charge >= 0.3 is 0 Å². The van der Waals surface area contributed by atoms with Crippen molar-refractivity contribution in [2.45, 2.75) is 20.0 Å². The van der Waals surface area contributed by atoms with E-state index in [1.165, 1.54) is 5.56 Å². The number of anilines is 1. The second kappa shape index (κ2) is 8.93. The van der Waals surface area contributed by atoms with Crippen molar-refractivity contribution in [2.24, 2.45) is 0 Å². The van der Waals surface area contributed by atoms with Crippen LogP contribution in [0.1, 0.15) is 16.9 Å². The molecule has 140 valence electrons. The number of nitrogens with zero attached hydrogens (tertiary/aromatic N) is 1. The third-order valence-electron chi connectivity index (χ3n) is 4.11. The van der Waals surface area contributed by atoms with E-state index < -0.39 is 0 Å². The van der Waals surface area contributed by atoms with Gasteiger partial charge in [0, 0.05) is 11.6 Å². The van der Waals surface area contributed by atoms with Gasteiger partial charge in [-0.15, -0.1) is 0 Å². The lowest BCUT2D eigenvalue weighted by molar-refractivity contribution is 0.360. The first-order valence-corrected chi connectivity index (χ1v) is 9.31. The fourth-order valence-electron chi connectivity index (χ4n) is 2.68. The molecule has 0 aliphatic rings. The number of nitrogens with one attached hydrogen (secondary N) is 1. The van der Waals surface area contributed by atoms with Gasteiger partial charge < -0.3 is 19.4 Å². The van der Waals surface area contributed by atoms with Crippen LogP contribution in [0.2, 0.25) is 5.02 Å². The molecule has 0 bridgehead atoms. The van der Waals surface area contributed by atoms with Crippen molar-refractivity contribution in [3.63, 3.8) is 0 Å². The first kappa shape index (κ1) is 19.3. The molecule has 1 N–H and O–H groups in total. The van der Waals surface area contributed by atoms with E-state index in [4.69, 9.17) is 33.0 Å². The highest BCUT2D eigenvalue weighted by atomic mass is 35.5. The summed E-state index contributed by atoms with van der Waals surface area (Å²) in [5, 5.41) is 4.42. The lowest BCUT2D eigenvalue weighted by Gasteiger charge is -2.26. The lowest BCUT2D eigenvalue weighted by atomic mass is 10.1. The predicted octanol–water partition coefficient (Wildman–Crippen LogP) is 5.65. The molecule has 0 unspecified atom stereocenters. The second-order valence-electron chi connectivity index (χ2n) is 6.20. The first-order chi connectivity index (χ1) is 13.0. The molecule has 0 saturated carbocycles. The van der Waals surface area contributed by atoms with E-state index in [1.807, 2.05) is 23.1 Å².